The second kappa shape index (κ2) is 9.06. The average molecular weight is 212 g/mol. The fourth-order valence-corrected chi connectivity index (χ4v) is 0.367. The SMILES string of the molecule is Cl.Fc1cc[c-]cc1.[CH3-].[Zn+2]. The van der Waals surface area contributed by atoms with Crippen molar-refractivity contribution in [3.63, 3.8) is 0 Å². The fourth-order valence-electron chi connectivity index (χ4n) is 0.367. The summed E-state index contributed by atoms with van der Waals surface area (Å²) in [6.45, 7) is 0. The van der Waals surface area contributed by atoms with Gasteiger partial charge in [-0.05, 0) is 0 Å². The molecule has 3 heteroatoms. The number of benzene rings is 1. The molecule has 0 amide bonds. The van der Waals surface area contributed by atoms with E-state index in [1.807, 2.05) is 0 Å². The van der Waals surface area contributed by atoms with E-state index in [1.54, 1.807) is 0 Å². The Hall–Kier alpha value is 0.0634. The predicted octanol–water partition coefficient (Wildman–Crippen LogP) is 2.50. The molecular formula is C7H8ClFZn. The maximum atomic E-state index is 11.9. The van der Waals surface area contributed by atoms with E-state index in [-0.39, 0.29) is 45.1 Å². The molecule has 0 aliphatic heterocycles. The molecule has 0 aliphatic rings. The van der Waals surface area contributed by atoms with E-state index in [9.17, 15) is 4.39 Å². The maximum absolute atomic E-state index is 11.9. The van der Waals surface area contributed by atoms with Crippen molar-refractivity contribution in [2.45, 2.75) is 0 Å². The number of hydrogen-bond donors (Lipinski definition) is 0. The van der Waals surface area contributed by atoms with Gasteiger partial charge in [0.15, 0.2) is 0 Å². The minimum atomic E-state index is -0.209. The quantitative estimate of drug-likeness (QED) is 0.457. The number of rotatable bonds is 0. The van der Waals surface area contributed by atoms with E-state index in [1.165, 1.54) is 24.3 Å². The van der Waals surface area contributed by atoms with Gasteiger partial charge in [-0.25, -0.2) is 4.39 Å². The Kier molecular flexibility index (Phi) is 15.0. The van der Waals surface area contributed by atoms with Gasteiger partial charge in [0.05, 0.1) is 0 Å². The van der Waals surface area contributed by atoms with Crippen LogP contribution >= 0.6 is 12.4 Å². The van der Waals surface area contributed by atoms with Gasteiger partial charge >= 0.3 is 19.5 Å². The molecule has 1 aromatic rings. The second-order valence-electron chi connectivity index (χ2n) is 1.22. The van der Waals surface area contributed by atoms with Gasteiger partial charge in [-0.15, -0.1) is 24.5 Å². The minimum Gasteiger partial charge on any atom is -0.358 e. The molecule has 0 radical (unpaired) electrons. The molecule has 0 atom stereocenters. The predicted molar refractivity (Wildman–Crippen MR) is 38.9 cm³/mol. The van der Waals surface area contributed by atoms with Crippen LogP contribution in [0.3, 0.4) is 0 Å². The van der Waals surface area contributed by atoms with E-state index in [0.29, 0.717) is 0 Å². The zero-order valence-corrected chi connectivity index (χ0v) is 9.59. The first kappa shape index (κ1) is 16.6. The molecule has 0 heterocycles. The van der Waals surface area contributed by atoms with Crippen LogP contribution in [0.5, 0.6) is 0 Å². The third-order valence-electron chi connectivity index (χ3n) is 0.678. The normalized spacial score (nSPS) is 6.10. The Morgan fingerprint density at radius 3 is 1.80 bits per heavy atom. The minimum absolute atomic E-state index is 0. The van der Waals surface area contributed by atoms with Crippen LogP contribution in [0.15, 0.2) is 24.3 Å². The standard InChI is InChI=1S/C6H4F.CH3.ClH.Zn/c7-6-4-2-1-3-5-6;;;/h2-5H;1H3;1H;/q2*-1;;+2. The van der Waals surface area contributed by atoms with Crippen molar-refractivity contribution >= 4 is 12.4 Å². The molecule has 0 spiro atoms. The molecule has 0 bridgehead atoms. The van der Waals surface area contributed by atoms with Crippen molar-refractivity contribution in [2.75, 3.05) is 0 Å². The van der Waals surface area contributed by atoms with E-state index >= 15 is 0 Å². The largest absolute Gasteiger partial charge is 2.00 e. The van der Waals surface area contributed by atoms with Crippen LogP contribution in [0.4, 0.5) is 4.39 Å². The van der Waals surface area contributed by atoms with Gasteiger partial charge in [-0.3, -0.25) is 0 Å². The molecule has 0 saturated carbocycles. The van der Waals surface area contributed by atoms with Crippen LogP contribution in [-0.4, -0.2) is 0 Å². The maximum Gasteiger partial charge on any atom is 2.00 e. The van der Waals surface area contributed by atoms with Crippen molar-refractivity contribution in [2.24, 2.45) is 0 Å². The van der Waals surface area contributed by atoms with Crippen LogP contribution in [0.1, 0.15) is 0 Å². The van der Waals surface area contributed by atoms with Crippen LogP contribution in [0.2, 0.25) is 0 Å². The van der Waals surface area contributed by atoms with Crippen molar-refractivity contribution in [1.29, 1.82) is 0 Å². The second-order valence-corrected chi connectivity index (χ2v) is 1.22. The van der Waals surface area contributed by atoms with Gasteiger partial charge in [0.25, 0.3) is 0 Å². The van der Waals surface area contributed by atoms with E-state index < -0.39 is 0 Å². The number of halogens is 2. The van der Waals surface area contributed by atoms with Crippen molar-refractivity contribution < 1.29 is 23.9 Å². The summed E-state index contributed by atoms with van der Waals surface area (Å²) in [7, 11) is 0. The van der Waals surface area contributed by atoms with Crippen LogP contribution in [-0.2, 0) is 19.5 Å². The first-order chi connectivity index (χ1) is 3.39. The van der Waals surface area contributed by atoms with E-state index in [0.717, 1.165) is 0 Å². The zero-order valence-electron chi connectivity index (χ0n) is 5.80. The molecule has 0 saturated heterocycles. The molecule has 0 unspecified atom stereocenters. The third-order valence-corrected chi connectivity index (χ3v) is 0.678. The summed E-state index contributed by atoms with van der Waals surface area (Å²) in [6, 6.07) is 8.49. The van der Waals surface area contributed by atoms with Crippen molar-refractivity contribution in [3.05, 3.63) is 43.6 Å². The summed E-state index contributed by atoms with van der Waals surface area (Å²) in [5.74, 6) is -0.209. The van der Waals surface area contributed by atoms with Gasteiger partial charge in [-0.1, -0.05) is 0 Å². The van der Waals surface area contributed by atoms with Gasteiger partial charge in [-0.2, -0.15) is 18.2 Å². The van der Waals surface area contributed by atoms with E-state index in [2.05, 4.69) is 6.07 Å². The molecule has 0 aliphatic carbocycles. The Labute approximate surface area is 80.0 Å². The third kappa shape index (κ3) is 6.19. The van der Waals surface area contributed by atoms with Crippen molar-refractivity contribution in [1.82, 2.24) is 0 Å². The molecule has 52 valence electrons. The smallest absolute Gasteiger partial charge is 0.358 e. The van der Waals surface area contributed by atoms with Gasteiger partial charge in [0.1, 0.15) is 0 Å². The first-order valence-corrected chi connectivity index (χ1v) is 2.01. The molecule has 1 aromatic carbocycles. The Balaban J connectivity index is -0.000000163. The van der Waals surface area contributed by atoms with Gasteiger partial charge in [0, 0.05) is 5.82 Å². The van der Waals surface area contributed by atoms with Crippen LogP contribution < -0.4 is 0 Å². The topological polar surface area (TPSA) is 0 Å². The van der Waals surface area contributed by atoms with Gasteiger partial charge < -0.3 is 7.43 Å². The Morgan fingerprint density at radius 2 is 1.60 bits per heavy atom. The first-order valence-electron chi connectivity index (χ1n) is 2.01. The zero-order chi connectivity index (χ0) is 5.11. The van der Waals surface area contributed by atoms with E-state index in [4.69, 9.17) is 0 Å². The van der Waals surface area contributed by atoms with Crippen LogP contribution in [0.25, 0.3) is 0 Å². The Bertz CT molecular complexity index is 144. The molecular weight excluding hydrogens is 204 g/mol. The molecule has 10 heavy (non-hydrogen) atoms. The fraction of sp³-hybridized carbons (Fsp3) is 0. The summed E-state index contributed by atoms with van der Waals surface area (Å²) in [6.07, 6.45) is 0. The molecule has 0 nitrogen and oxygen atoms in total. The summed E-state index contributed by atoms with van der Waals surface area (Å²) in [5.41, 5.74) is 0. The van der Waals surface area contributed by atoms with Gasteiger partial charge in [0.2, 0.25) is 0 Å². The molecule has 0 aromatic heterocycles. The molecule has 0 fully saturated rings. The monoisotopic (exact) mass is 210 g/mol. The summed E-state index contributed by atoms with van der Waals surface area (Å²) in [4.78, 5) is 0. The summed E-state index contributed by atoms with van der Waals surface area (Å²) < 4.78 is 11.9. The summed E-state index contributed by atoms with van der Waals surface area (Å²) in [5, 5.41) is 0. The molecule has 0 N–H and O–H groups in total. The molecule has 1 rings (SSSR count). The summed E-state index contributed by atoms with van der Waals surface area (Å²) >= 11 is 0. The van der Waals surface area contributed by atoms with Crippen molar-refractivity contribution in [3.8, 4) is 0 Å². The Morgan fingerprint density at radius 1 is 1.20 bits per heavy atom. The van der Waals surface area contributed by atoms with Crippen LogP contribution in [0, 0.1) is 19.3 Å². The number of hydrogen-bond acceptors (Lipinski definition) is 0. The average Bonchev–Trinajstić information content (AvgIpc) is 1.69.